The number of anilines is 1. The number of halogens is 1. The van der Waals surface area contributed by atoms with Crippen molar-refractivity contribution in [3.8, 4) is 0 Å². The molecular formula is C23H28FNO3S. The van der Waals surface area contributed by atoms with Gasteiger partial charge in [-0.05, 0) is 60.2 Å². The van der Waals surface area contributed by atoms with Crippen molar-refractivity contribution in [2.45, 2.75) is 36.5 Å². The van der Waals surface area contributed by atoms with Gasteiger partial charge in [-0.3, -0.25) is 4.79 Å². The summed E-state index contributed by atoms with van der Waals surface area (Å²) in [5, 5.41) is 0. The van der Waals surface area contributed by atoms with Gasteiger partial charge in [0.05, 0.1) is 6.10 Å². The van der Waals surface area contributed by atoms with Crippen LogP contribution in [0.5, 0.6) is 0 Å². The minimum absolute atomic E-state index is 0.00311. The Morgan fingerprint density at radius 1 is 1.24 bits per heavy atom. The van der Waals surface area contributed by atoms with E-state index < -0.39 is 0 Å². The van der Waals surface area contributed by atoms with E-state index in [0.717, 1.165) is 53.5 Å². The van der Waals surface area contributed by atoms with Crippen molar-refractivity contribution in [3.05, 3.63) is 59.4 Å². The van der Waals surface area contributed by atoms with Gasteiger partial charge in [0.2, 0.25) is 5.91 Å². The van der Waals surface area contributed by atoms with Gasteiger partial charge in [-0.25, -0.2) is 4.39 Å². The standard InChI is InChI=1S/C23H28FNO3S/c1-16(26)25(2)21-6-4-17(5-7-21)15-29-22-13-19(12-20(24)14-22)23(27-3)18-8-10-28-11-9-18/h4-7,12-14,18,23H,8-11,15H2,1-3H3. The fourth-order valence-electron chi connectivity index (χ4n) is 3.62. The average molecular weight is 418 g/mol. The molecule has 0 radical (unpaired) electrons. The van der Waals surface area contributed by atoms with E-state index in [2.05, 4.69) is 0 Å². The lowest BCUT2D eigenvalue weighted by Gasteiger charge is -2.29. The Kier molecular flexibility index (Phi) is 7.70. The van der Waals surface area contributed by atoms with E-state index in [4.69, 9.17) is 9.47 Å². The van der Waals surface area contributed by atoms with Crippen LogP contribution in [0.4, 0.5) is 10.1 Å². The molecule has 156 valence electrons. The topological polar surface area (TPSA) is 38.8 Å². The Bertz CT molecular complexity index is 821. The van der Waals surface area contributed by atoms with Gasteiger partial charge in [0.25, 0.3) is 0 Å². The smallest absolute Gasteiger partial charge is 0.223 e. The van der Waals surface area contributed by atoms with Crippen LogP contribution in [0.25, 0.3) is 0 Å². The summed E-state index contributed by atoms with van der Waals surface area (Å²) in [6, 6.07) is 13.1. The summed E-state index contributed by atoms with van der Waals surface area (Å²) in [6.07, 6.45) is 1.74. The Morgan fingerprint density at radius 2 is 1.93 bits per heavy atom. The van der Waals surface area contributed by atoms with E-state index in [0.29, 0.717) is 5.92 Å². The number of benzene rings is 2. The number of hydrogen-bond acceptors (Lipinski definition) is 4. The number of thioether (sulfide) groups is 1. The lowest BCUT2D eigenvalue weighted by molar-refractivity contribution is -0.116. The number of amides is 1. The van der Waals surface area contributed by atoms with Gasteiger partial charge in [-0.1, -0.05) is 12.1 Å². The number of ether oxygens (including phenoxy) is 2. The van der Waals surface area contributed by atoms with Crippen LogP contribution in [-0.4, -0.2) is 33.3 Å². The van der Waals surface area contributed by atoms with Gasteiger partial charge in [0, 0.05) is 50.6 Å². The molecule has 1 heterocycles. The maximum Gasteiger partial charge on any atom is 0.223 e. The van der Waals surface area contributed by atoms with Gasteiger partial charge in [-0.15, -0.1) is 11.8 Å². The normalized spacial score (nSPS) is 15.9. The highest BCUT2D eigenvalue weighted by molar-refractivity contribution is 7.98. The van der Waals surface area contributed by atoms with Crippen molar-refractivity contribution in [1.29, 1.82) is 0 Å². The maximum atomic E-state index is 14.3. The Labute approximate surface area is 176 Å². The maximum absolute atomic E-state index is 14.3. The summed E-state index contributed by atoms with van der Waals surface area (Å²) in [5.41, 5.74) is 2.87. The fourth-order valence-corrected chi connectivity index (χ4v) is 4.56. The van der Waals surface area contributed by atoms with E-state index in [1.807, 2.05) is 30.3 Å². The summed E-state index contributed by atoms with van der Waals surface area (Å²) >= 11 is 1.60. The minimum atomic E-state index is -0.238. The summed E-state index contributed by atoms with van der Waals surface area (Å²) in [6.45, 7) is 3.01. The SMILES string of the molecule is COC(c1cc(F)cc(SCc2ccc(N(C)C(C)=O)cc2)c1)C1CCOCC1. The first-order valence-corrected chi connectivity index (χ1v) is 10.8. The van der Waals surface area contributed by atoms with Crippen LogP contribution < -0.4 is 4.90 Å². The molecule has 1 atom stereocenters. The Morgan fingerprint density at radius 3 is 2.55 bits per heavy atom. The summed E-state index contributed by atoms with van der Waals surface area (Å²) in [5.74, 6) is 0.829. The van der Waals surface area contributed by atoms with Crippen molar-refractivity contribution in [2.75, 3.05) is 32.3 Å². The molecule has 4 nitrogen and oxygen atoms in total. The Balaban J connectivity index is 1.69. The first kappa shape index (κ1) is 21.8. The Hall–Kier alpha value is -1.89. The van der Waals surface area contributed by atoms with Gasteiger partial charge < -0.3 is 14.4 Å². The predicted molar refractivity (Wildman–Crippen MR) is 115 cm³/mol. The molecule has 0 saturated carbocycles. The zero-order valence-corrected chi connectivity index (χ0v) is 18.0. The highest BCUT2D eigenvalue weighted by atomic mass is 32.2. The van der Waals surface area contributed by atoms with Gasteiger partial charge in [0.1, 0.15) is 5.82 Å². The monoisotopic (exact) mass is 417 g/mol. The first-order valence-electron chi connectivity index (χ1n) is 9.85. The van der Waals surface area contributed by atoms with Crippen LogP contribution in [0.3, 0.4) is 0 Å². The van der Waals surface area contributed by atoms with Crippen LogP contribution >= 0.6 is 11.8 Å². The van der Waals surface area contributed by atoms with Crippen LogP contribution in [0.15, 0.2) is 47.4 Å². The van der Waals surface area contributed by atoms with Crippen molar-refractivity contribution in [3.63, 3.8) is 0 Å². The number of nitrogens with zero attached hydrogens (tertiary/aromatic N) is 1. The van der Waals surface area contributed by atoms with E-state index in [-0.39, 0.29) is 17.8 Å². The zero-order chi connectivity index (χ0) is 20.8. The molecular weight excluding hydrogens is 389 g/mol. The van der Waals surface area contributed by atoms with Gasteiger partial charge in [0.15, 0.2) is 0 Å². The largest absolute Gasteiger partial charge is 0.381 e. The lowest BCUT2D eigenvalue weighted by Crippen LogP contribution is -2.23. The molecule has 3 rings (SSSR count). The van der Waals surface area contributed by atoms with E-state index in [1.54, 1.807) is 49.9 Å². The second-order valence-electron chi connectivity index (χ2n) is 7.36. The molecule has 1 aliphatic rings. The molecule has 1 aliphatic heterocycles. The molecule has 0 spiro atoms. The van der Waals surface area contributed by atoms with E-state index in [1.165, 1.54) is 0 Å². The molecule has 6 heteroatoms. The molecule has 0 bridgehead atoms. The molecule has 0 aliphatic carbocycles. The van der Waals surface area contributed by atoms with Crippen LogP contribution in [0.1, 0.15) is 37.0 Å². The first-order chi connectivity index (χ1) is 14.0. The highest BCUT2D eigenvalue weighted by Crippen LogP contribution is 2.35. The van der Waals surface area contributed by atoms with Crippen LogP contribution in [-0.2, 0) is 20.0 Å². The number of hydrogen-bond donors (Lipinski definition) is 0. The van der Waals surface area contributed by atoms with Crippen molar-refractivity contribution in [2.24, 2.45) is 5.92 Å². The van der Waals surface area contributed by atoms with Crippen LogP contribution in [0.2, 0.25) is 0 Å². The highest BCUT2D eigenvalue weighted by Gasteiger charge is 2.26. The molecule has 1 fully saturated rings. The molecule has 2 aromatic rings. The minimum Gasteiger partial charge on any atom is -0.381 e. The summed E-state index contributed by atoms with van der Waals surface area (Å²) < 4.78 is 25.5. The third kappa shape index (κ3) is 5.81. The predicted octanol–water partition coefficient (Wildman–Crippen LogP) is 5.21. The number of carbonyl (C=O) groups excluding carboxylic acids is 1. The quantitative estimate of drug-likeness (QED) is 0.580. The fraction of sp³-hybridized carbons (Fsp3) is 0.435. The second-order valence-corrected chi connectivity index (χ2v) is 8.41. The van der Waals surface area contributed by atoms with Gasteiger partial charge >= 0.3 is 0 Å². The summed E-state index contributed by atoms with van der Waals surface area (Å²) in [7, 11) is 3.45. The molecule has 1 amide bonds. The zero-order valence-electron chi connectivity index (χ0n) is 17.2. The van der Waals surface area contributed by atoms with Crippen molar-refractivity contribution in [1.82, 2.24) is 0 Å². The average Bonchev–Trinajstić information content (AvgIpc) is 2.73. The number of methoxy groups -OCH3 is 1. The van der Waals surface area contributed by atoms with E-state index >= 15 is 0 Å². The number of carbonyl (C=O) groups is 1. The molecule has 0 N–H and O–H groups in total. The second kappa shape index (κ2) is 10.2. The molecule has 1 unspecified atom stereocenters. The molecule has 2 aromatic carbocycles. The molecule has 29 heavy (non-hydrogen) atoms. The molecule has 1 saturated heterocycles. The van der Waals surface area contributed by atoms with Gasteiger partial charge in [-0.2, -0.15) is 0 Å². The van der Waals surface area contributed by atoms with Crippen molar-refractivity contribution < 1.29 is 18.7 Å². The summed E-state index contributed by atoms with van der Waals surface area (Å²) in [4.78, 5) is 14.0. The third-order valence-electron chi connectivity index (χ3n) is 5.37. The lowest BCUT2D eigenvalue weighted by atomic mass is 9.89. The van der Waals surface area contributed by atoms with E-state index in [9.17, 15) is 9.18 Å². The molecule has 0 aromatic heterocycles. The third-order valence-corrected chi connectivity index (χ3v) is 6.42. The van der Waals surface area contributed by atoms with Crippen LogP contribution in [0, 0.1) is 11.7 Å². The number of rotatable bonds is 7. The van der Waals surface area contributed by atoms with Crippen molar-refractivity contribution >= 4 is 23.4 Å².